The van der Waals surface area contributed by atoms with Gasteiger partial charge >= 0.3 is 5.97 Å². The van der Waals surface area contributed by atoms with E-state index in [1.54, 1.807) is 6.92 Å². The van der Waals surface area contributed by atoms with E-state index in [4.69, 9.17) is 0 Å². The van der Waals surface area contributed by atoms with Crippen molar-refractivity contribution >= 4 is 5.97 Å². The maximum Gasteiger partial charge on any atom is 0.338 e. The van der Waals surface area contributed by atoms with Crippen molar-refractivity contribution in [1.29, 1.82) is 0 Å². The molecule has 0 unspecified atom stereocenters. The Bertz CT molecular complexity index is 454. The number of aromatic nitrogens is 1. The molecule has 6 heteroatoms. The molecule has 0 amide bonds. The van der Waals surface area contributed by atoms with E-state index in [0.717, 1.165) is 6.07 Å². The van der Waals surface area contributed by atoms with E-state index in [-0.39, 0.29) is 17.7 Å². The van der Waals surface area contributed by atoms with E-state index in [0.29, 0.717) is 0 Å². The van der Waals surface area contributed by atoms with Crippen molar-refractivity contribution in [2.75, 3.05) is 6.61 Å². The largest absolute Gasteiger partial charge is 0.462 e. The van der Waals surface area contributed by atoms with Crippen LogP contribution in [0.3, 0.4) is 0 Å². The summed E-state index contributed by atoms with van der Waals surface area (Å²) in [4.78, 5) is 24.6. The molecule has 0 saturated carbocycles. The lowest BCUT2D eigenvalue weighted by molar-refractivity contribution is 0.0524. The van der Waals surface area contributed by atoms with E-state index in [1.165, 1.54) is 6.92 Å². The lowest BCUT2D eigenvalue weighted by atomic mass is 10.1. The highest BCUT2D eigenvalue weighted by Gasteiger charge is 2.17. The molecule has 0 atom stereocenters. The molecule has 1 aromatic rings. The second-order valence-corrected chi connectivity index (χ2v) is 3.11. The molecular formula is C10H11F2NO3. The third-order valence-electron chi connectivity index (χ3n) is 2.03. The number of hydrogen-bond acceptors (Lipinski definition) is 3. The first-order valence-corrected chi connectivity index (χ1v) is 4.66. The number of alkyl halides is 2. The van der Waals surface area contributed by atoms with Crippen LogP contribution in [0.1, 0.15) is 35.0 Å². The molecule has 0 aromatic carbocycles. The number of rotatable bonds is 3. The fraction of sp³-hybridized carbons (Fsp3) is 0.400. The zero-order valence-corrected chi connectivity index (χ0v) is 8.84. The Morgan fingerprint density at radius 2 is 2.19 bits per heavy atom. The molecule has 0 aliphatic heterocycles. The summed E-state index contributed by atoms with van der Waals surface area (Å²) < 4.78 is 29.4. The summed E-state index contributed by atoms with van der Waals surface area (Å²) in [5.41, 5.74) is -1.34. The third kappa shape index (κ3) is 2.44. The number of esters is 1. The average Bonchev–Trinajstić information content (AvgIpc) is 2.21. The maximum atomic E-state index is 12.4. The predicted octanol–water partition coefficient (Wildman–Crippen LogP) is 1.80. The van der Waals surface area contributed by atoms with Crippen LogP contribution in [0.15, 0.2) is 10.9 Å². The number of aromatic amines is 1. The van der Waals surface area contributed by atoms with Crippen molar-refractivity contribution in [3.05, 3.63) is 33.2 Å². The van der Waals surface area contributed by atoms with Crippen LogP contribution in [0.5, 0.6) is 0 Å². The van der Waals surface area contributed by atoms with Gasteiger partial charge < -0.3 is 9.72 Å². The van der Waals surface area contributed by atoms with Crippen LogP contribution >= 0.6 is 0 Å². The Morgan fingerprint density at radius 1 is 1.56 bits per heavy atom. The van der Waals surface area contributed by atoms with Gasteiger partial charge in [-0.3, -0.25) is 4.79 Å². The summed E-state index contributed by atoms with van der Waals surface area (Å²) >= 11 is 0. The van der Waals surface area contributed by atoms with Crippen LogP contribution in [-0.2, 0) is 4.74 Å². The quantitative estimate of drug-likeness (QED) is 0.807. The van der Waals surface area contributed by atoms with Gasteiger partial charge in [-0.1, -0.05) is 0 Å². The standard InChI is InChI=1S/C10H11F2NO3/c1-3-16-10(15)6-4-7(8(11)12)13-9(14)5(6)2/h4,8H,3H2,1-2H3,(H,13,14). The molecule has 16 heavy (non-hydrogen) atoms. The lowest BCUT2D eigenvalue weighted by Crippen LogP contribution is -2.19. The topological polar surface area (TPSA) is 59.2 Å². The Morgan fingerprint density at radius 3 is 2.69 bits per heavy atom. The van der Waals surface area contributed by atoms with Gasteiger partial charge in [0.15, 0.2) is 0 Å². The van der Waals surface area contributed by atoms with Crippen molar-refractivity contribution in [3.8, 4) is 0 Å². The molecule has 0 radical (unpaired) electrons. The van der Waals surface area contributed by atoms with E-state index < -0.39 is 23.6 Å². The van der Waals surface area contributed by atoms with Gasteiger partial charge in [0.2, 0.25) is 0 Å². The van der Waals surface area contributed by atoms with Gasteiger partial charge in [0.25, 0.3) is 12.0 Å². The number of carbonyl (C=O) groups excluding carboxylic acids is 1. The number of H-pyrrole nitrogens is 1. The molecule has 0 spiro atoms. The van der Waals surface area contributed by atoms with Gasteiger partial charge in [0.05, 0.1) is 17.9 Å². The Balaban J connectivity index is 3.27. The molecule has 0 aliphatic carbocycles. The number of nitrogens with one attached hydrogen (secondary N) is 1. The van der Waals surface area contributed by atoms with E-state index in [1.807, 2.05) is 4.98 Å². The second kappa shape index (κ2) is 4.87. The molecular weight excluding hydrogens is 220 g/mol. The highest BCUT2D eigenvalue weighted by molar-refractivity contribution is 5.90. The van der Waals surface area contributed by atoms with Crippen molar-refractivity contribution in [2.45, 2.75) is 20.3 Å². The number of carbonyl (C=O) groups is 1. The number of hydrogen-bond donors (Lipinski definition) is 1. The number of halogens is 2. The van der Waals surface area contributed by atoms with Gasteiger partial charge in [-0.2, -0.15) is 0 Å². The zero-order valence-electron chi connectivity index (χ0n) is 8.84. The Kier molecular flexibility index (Phi) is 3.76. The normalized spacial score (nSPS) is 10.6. The van der Waals surface area contributed by atoms with Crippen LogP contribution in [0, 0.1) is 6.92 Å². The van der Waals surface area contributed by atoms with Crippen LogP contribution in [-0.4, -0.2) is 17.6 Å². The Labute approximate surface area is 90.2 Å². The van der Waals surface area contributed by atoms with Gasteiger partial charge in [-0.15, -0.1) is 0 Å². The fourth-order valence-corrected chi connectivity index (χ4v) is 1.19. The van der Waals surface area contributed by atoms with Gasteiger partial charge in [0, 0.05) is 5.56 Å². The monoisotopic (exact) mass is 231 g/mol. The minimum Gasteiger partial charge on any atom is -0.462 e. The van der Waals surface area contributed by atoms with Crippen molar-refractivity contribution in [2.24, 2.45) is 0 Å². The van der Waals surface area contributed by atoms with E-state index >= 15 is 0 Å². The summed E-state index contributed by atoms with van der Waals surface area (Å²) in [5.74, 6) is -0.770. The molecule has 0 saturated heterocycles. The first-order valence-electron chi connectivity index (χ1n) is 4.66. The summed E-state index contributed by atoms with van der Waals surface area (Å²) in [5, 5.41) is 0. The maximum absolute atomic E-state index is 12.4. The number of ether oxygens (including phenoxy) is 1. The van der Waals surface area contributed by atoms with E-state index in [2.05, 4.69) is 4.74 Å². The van der Waals surface area contributed by atoms with Crippen molar-refractivity contribution in [3.63, 3.8) is 0 Å². The van der Waals surface area contributed by atoms with Crippen LogP contribution < -0.4 is 5.56 Å². The van der Waals surface area contributed by atoms with Crippen LogP contribution in [0.2, 0.25) is 0 Å². The average molecular weight is 231 g/mol. The highest BCUT2D eigenvalue weighted by Crippen LogP contribution is 2.17. The summed E-state index contributed by atoms with van der Waals surface area (Å²) in [7, 11) is 0. The van der Waals surface area contributed by atoms with E-state index in [9.17, 15) is 18.4 Å². The summed E-state index contributed by atoms with van der Waals surface area (Å²) in [6.45, 7) is 3.09. The van der Waals surface area contributed by atoms with Crippen molar-refractivity contribution in [1.82, 2.24) is 4.98 Å². The molecule has 88 valence electrons. The van der Waals surface area contributed by atoms with Gasteiger partial charge in [-0.25, -0.2) is 13.6 Å². The fourth-order valence-electron chi connectivity index (χ4n) is 1.19. The summed E-state index contributed by atoms with van der Waals surface area (Å²) in [6, 6.07) is 0.944. The predicted molar refractivity (Wildman–Crippen MR) is 52.7 cm³/mol. The highest BCUT2D eigenvalue weighted by atomic mass is 19.3. The van der Waals surface area contributed by atoms with Gasteiger partial charge in [-0.05, 0) is 19.9 Å². The molecule has 1 aromatic heterocycles. The first-order chi connectivity index (χ1) is 7.47. The zero-order chi connectivity index (χ0) is 12.3. The molecule has 0 fully saturated rings. The number of pyridine rings is 1. The minimum absolute atomic E-state index is 0.0721. The van der Waals surface area contributed by atoms with Crippen LogP contribution in [0.25, 0.3) is 0 Å². The minimum atomic E-state index is -2.83. The Hall–Kier alpha value is -1.72. The molecule has 0 bridgehead atoms. The summed E-state index contributed by atoms with van der Waals surface area (Å²) in [6.07, 6.45) is -2.83. The smallest absolute Gasteiger partial charge is 0.338 e. The molecule has 1 rings (SSSR count). The van der Waals surface area contributed by atoms with Crippen molar-refractivity contribution < 1.29 is 18.3 Å². The third-order valence-corrected chi connectivity index (χ3v) is 2.03. The second-order valence-electron chi connectivity index (χ2n) is 3.11. The van der Waals surface area contributed by atoms with Crippen LogP contribution in [0.4, 0.5) is 8.78 Å². The SMILES string of the molecule is CCOC(=O)c1cc(C(F)F)[nH]c(=O)c1C. The molecule has 0 aliphatic rings. The first kappa shape index (κ1) is 12.4. The molecule has 1 N–H and O–H groups in total. The molecule has 1 heterocycles. The molecule has 4 nitrogen and oxygen atoms in total. The van der Waals surface area contributed by atoms with Gasteiger partial charge in [0.1, 0.15) is 0 Å². The lowest BCUT2D eigenvalue weighted by Gasteiger charge is -2.07.